The van der Waals surface area contributed by atoms with E-state index in [1.54, 1.807) is 0 Å². The van der Waals surface area contributed by atoms with E-state index >= 15 is 0 Å². The molecule has 2 aliphatic rings. The van der Waals surface area contributed by atoms with Crippen molar-refractivity contribution in [1.29, 1.82) is 0 Å². The fourth-order valence-corrected chi connectivity index (χ4v) is 4.59. The first-order chi connectivity index (χ1) is 13.7. The highest BCUT2D eigenvalue weighted by Gasteiger charge is 2.30. The SMILES string of the molecule is O=C(N[C@H]1CCCC[C@@H]1NC(=S)Nc1cccc2ccccc12)[C@@H]1CCCN1. The van der Waals surface area contributed by atoms with Gasteiger partial charge < -0.3 is 21.3 Å². The molecule has 1 aliphatic heterocycles. The molecule has 1 saturated carbocycles. The summed E-state index contributed by atoms with van der Waals surface area (Å²) >= 11 is 5.61. The molecule has 0 aromatic heterocycles. The Morgan fingerprint density at radius 1 is 0.929 bits per heavy atom. The Morgan fingerprint density at radius 3 is 2.46 bits per heavy atom. The number of amides is 1. The number of carbonyl (C=O) groups excluding carboxylic acids is 1. The molecule has 3 atom stereocenters. The van der Waals surface area contributed by atoms with E-state index in [0.717, 1.165) is 56.1 Å². The minimum Gasteiger partial charge on any atom is -0.358 e. The maximum absolute atomic E-state index is 12.5. The van der Waals surface area contributed by atoms with Crippen LogP contribution in [0.4, 0.5) is 5.69 Å². The minimum atomic E-state index is -0.0386. The Hall–Kier alpha value is -2.18. The minimum absolute atomic E-state index is 0.0386. The lowest BCUT2D eigenvalue weighted by molar-refractivity contribution is -0.123. The van der Waals surface area contributed by atoms with Crippen molar-refractivity contribution in [3.63, 3.8) is 0 Å². The van der Waals surface area contributed by atoms with Crippen LogP contribution in [0.15, 0.2) is 42.5 Å². The number of fused-ring (bicyclic) bond motifs is 1. The molecule has 0 radical (unpaired) electrons. The number of carbonyl (C=O) groups is 1. The summed E-state index contributed by atoms with van der Waals surface area (Å²) < 4.78 is 0. The van der Waals surface area contributed by atoms with Gasteiger partial charge in [-0.3, -0.25) is 4.79 Å². The molecule has 6 heteroatoms. The van der Waals surface area contributed by atoms with E-state index in [1.807, 2.05) is 24.3 Å². The Kier molecular flexibility index (Phi) is 6.07. The first kappa shape index (κ1) is 19.2. The predicted molar refractivity (Wildman–Crippen MR) is 119 cm³/mol. The van der Waals surface area contributed by atoms with Gasteiger partial charge in [0.1, 0.15) is 0 Å². The van der Waals surface area contributed by atoms with E-state index in [-0.39, 0.29) is 24.0 Å². The number of anilines is 1. The van der Waals surface area contributed by atoms with E-state index in [4.69, 9.17) is 12.2 Å². The van der Waals surface area contributed by atoms with Gasteiger partial charge in [0.2, 0.25) is 5.91 Å². The van der Waals surface area contributed by atoms with Crippen molar-refractivity contribution < 1.29 is 4.79 Å². The maximum Gasteiger partial charge on any atom is 0.237 e. The van der Waals surface area contributed by atoms with Crippen LogP contribution in [-0.2, 0) is 4.79 Å². The standard InChI is InChI=1S/C22H28N4OS/c27-21(20-13-6-14-23-20)24-18-10-3-4-11-19(18)26-22(28)25-17-12-5-8-15-7-1-2-9-16(15)17/h1-2,5,7-9,12,18-20,23H,3-4,6,10-11,13-14H2,(H,24,27)(H2,25,26,28)/t18-,19-,20-/m0/s1. The molecule has 2 fully saturated rings. The number of benzene rings is 2. The lowest BCUT2D eigenvalue weighted by atomic mass is 9.90. The molecule has 0 bridgehead atoms. The summed E-state index contributed by atoms with van der Waals surface area (Å²) in [5, 5.41) is 16.3. The van der Waals surface area contributed by atoms with Crippen LogP contribution >= 0.6 is 12.2 Å². The number of thiocarbonyl (C=S) groups is 1. The molecule has 5 nitrogen and oxygen atoms in total. The fourth-order valence-electron chi connectivity index (χ4n) is 4.33. The first-order valence-corrected chi connectivity index (χ1v) is 10.7. The number of hydrogen-bond acceptors (Lipinski definition) is 3. The molecule has 0 unspecified atom stereocenters. The summed E-state index contributed by atoms with van der Waals surface area (Å²) in [7, 11) is 0. The third kappa shape index (κ3) is 4.45. The largest absolute Gasteiger partial charge is 0.358 e. The molecule has 1 aliphatic carbocycles. The molecule has 1 amide bonds. The summed E-state index contributed by atoms with van der Waals surface area (Å²) in [4.78, 5) is 12.5. The van der Waals surface area contributed by atoms with Crippen LogP contribution < -0.4 is 21.3 Å². The second-order valence-electron chi connectivity index (χ2n) is 7.78. The average molecular weight is 397 g/mol. The number of nitrogens with one attached hydrogen (secondary N) is 4. The van der Waals surface area contributed by atoms with Gasteiger partial charge >= 0.3 is 0 Å². The summed E-state index contributed by atoms with van der Waals surface area (Å²) in [5.41, 5.74) is 1.00. The summed E-state index contributed by atoms with van der Waals surface area (Å²) in [5.74, 6) is 0.129. The van der Waals surface area contributed by atoms with Crippen LogP contribution in [0.2, 0.25) is 0 Å². The zero-order valence-electron chi connectivity index (χ0n) is 16.0. The highest BCUT2D eigenvalue weighted by Crippen LogP contribution is 2.24. The molecule has 4 N–H and O–H groups in total. The molecule has 4 rings (SSSR count). The van der Waals surface area contributed by atoms with Crippen LogP contribution in [0.5, 0.6) is 0 Å². The topological polar surface area (TPSA) is 65.2 Å². The van der Waals surface area contributed by atoms with Gasteiger partial charge in [-0.15, -0.1) is 0 Å². The van der Waals surface area contributed by atoms with Crippen molar-refractivity contribution in [3.8, 4) is 0 Å². The monoisotopic (exact) mass is 396 g/mol. The molecule has 28 heavy (non-hydrogen) atoms. The quantitative estimate of drug-likeness (QED) is 0.597. The van der Waals surface area contributed by atoms with Gasteiger partial charge in [0.05, 0.1) is 6.04 Å². The van der Waals surface area contributed by atoms with E-state index in [9.17, 15) is 4.79 Å². The molecule has 2 aromatic rings. The van der Waals surface area contributed by atoms with Gasteiger partial charge in [0.25, 0.3) is 0 Å². The molecule has 2 aromatic carbocycles. The van der Waals surface area contributed by atoms with Crippen molar-refractivity contribution >= 4 is 39.7 Å². The average Bonchev–Trinajstić information content (AvgIpc) is 3.25. The van der Waals surface area contributed by atoms with Crippen LogP contribution in [0, 0.1) is 0 Å². The van der Waals surface area contributed by atoms with E-state index in [1.165, 1.54) is 5.39 Å². The zero-order chi connectivity index (χ0) is 19.3. The first-order valence-electron chi connectivity index (χ1n) is 10.3. The van der Waals surface area contributed by atoms with Crippen LogP contribution in [0.25, 0.3) is 10.8 Å². The van der Waals surface area contributed by atoms with Gasteiger partial charge in [0.15, 0.2) is 5.11 Å². The number of hydrogen-bond donors (Lipinski definition) is 4. The van der Waals surface area contributed by atoms with Crippen molar-refractivity contribution in [2.45, 2.75) is 56.7 Å². The van der Waals surface area contributed by atoms with Gasteiger partial charge in [-0.05, 0) is 55.9 Å². The van der Waals surface area contributed by atoms with E-state index in [0.29, 0.717) is 5.11 Å². The fraction of sp³-hybridized carbons (Fsp3) is 0.455. The Morgan fingerprint density at radius 2 is 1.68 bits per heavy atom. The normalized spacial score (nSPS) is 24.6. The second kappa shape index (κ2) is 8.88. The van der Waals surface area contributed by atoms with Crippen LogP contribution in [-0.4, -0.2) is 35.7 Å². The number of rotatable bonds is 4. The molecule has 1 heterocycles. The van der Waals surface area contributed by atoms with Crippen molar-refractivity contribution in [2.75, 3.05) is 11.9 Å². The Balaban J connectivity index is 1.39. The van der Waals surface area contributed by atoms with Crippen LogP contribution in [0.1, 0.15) is 38.5 Å². The summed E-state index contributed by atoms with van der Waals surface area (Å²) in [6.07, 6.45) is 6.31. The van der Waals surface area contributed by atoms with Crippen molar-refractivity contribution in [3.05, 3.63) is 42.5 Å². The lowest BCUT2D eigenvalue weighted by Crippen LogP contribution is -2.56. The lowest BCUT2D eigenvalue weighted by Gasteiger charge is -2.34. The molecule has 1 saturated heterocycles. The smallest absolute Gasteiger partial charge is 0.237 e. The summed E-state index contributed by atoms with van der Waals surface area (Å²) in [6, 6.07) is 14.7. The van der Waals surface area contributed by atoms with Gasteiger partial charge in [-0.2, -0.15) is 0 Å². The van der Waals surface area contributed by atoms with Crippen LogP contribution in [0.3, 0.4) is 0 Å². The third-order valence-electron chi connectivity index (χ3n) is 5.82. The van der Waals surface area contributed by atoms with Gasteiger partial charge in [-0.1, -0.05) is 49.2 Å². The third-order valence-corrected chi connectivity index (χ3v) is 6.04. The highest BCUT2D eigenvalue weighted by atomic mass is 32.1. The Labute approximate surface area is 171 Å². The van der Waals surface area contributed by atoms with Gasteiger partial charge in [-0.25, -0.2) is 0 Å². The van der Waals surface area contributed by atoms with Gasteiger partial charge in [0, 0.05) is 23.2 Å². The van der Waals surface area contributed by atoms with E-state index < -0.39 is 0 Å². The second-order valence-corrected chi connectivity index (χ2v) is 8.19. The van der Waals surface area contributed by atoms with Crippen molar-refractivity contribution in [1.82, 2.24) is 16.0 Å². The zero-order valence-corrected chi connectivity index (χ0v) is 16.9. The maximum atomic E-state index is 12.5. The van der Waals surface area contributed by atoms with E-state index in [2.05, 4.69) is 39.5 Å². The predicted octanol–water partition coefficient (Wildman–Crippen LogP) is 3.31. The highest BCUT2D eigenvalue weighted by molar-refractivity contribution is 7.80. The Bertz CT molecular complexity index is 844. The molecule has 0 spiro atoms. The molecular weight excluding hydrogens is 368 g/mol. The molecule has 148 valence electrons. The summed E-state index contributed by atoms with van der Waals surface area (Å²) in [6.45, 7) is 0.934. The van der Waals surface area contributed by atoms with Crippen molar-refractivity contribution in [2.24, 2.45) is 0 Å². The molecular formula is C22H28N4OS.